The molecular weight excluding hydrogens is 232 g/mol. The fraction of sp³-hybridized carbons (Fsp3) is 0.214. The van der Waals surface area contributed by atoms with Crippen LogP contribution in [0.3, 0.4) is 0 Å². The van der Waals surface area contributed by atoms with Gasteiger partial charge in [-0.25, -0.2) is 0 Å². The van der Waals surface area contributed by atoms with Crippen molar-refractivity contribution in [3.63, 3.8) is 0 Å². The van der Waals surface area contributed by atoms with Crippen LogP contribution in [0.15, 0.2) is 29.6 Å². The number of aldehydes is 1. The van der Waals surface area contributed by atoms with Crippen LogP contribution in [-0.2, 0) is 6.42 Å². The van der Waals surface area contributed by atoms with Crippen LogP contribution < -0.4 is 0 Å². The molecule has 1 aromatic heterocycles. The number of benzene rings is 1. The Labute approximate surface area is 105 Å². The number of carbonyl (C=O) groups is 1. The lowest BCUT2D eigenvalue weighted by atomic mass is 9.99. The summed E-state index contributed by atoms with van der Waals surface area (Å²) in [5.41, 5.74) is 2.06. The summed E-state index contributed by atoms with van der Waals surface area (Å²) in [6.45, 7) is 2.05. The van der Waals surface area contributed by atoms with Crippen LogP contribution in [0.25, 0.3) is 10.4 Å². The maximum Gasteiger partial charge on any atom is 0.154 e. The molecule has 0 radical (unpaired) electrons. The van der Waals surface area contributed by atoms with E-state index in [1.165, 1.54) is 0 Å². The van der Waals surface area contributed by atoms with Crippen LogP contribution in [0, 0.1) is 0 Å². The maximum absolute atomic E-state index is 11.1. The second kappa shape index (κ2) is 5.15. The van der Waals surface area contributed by atoms with Crippen LogP contribution in [-0.4, -0.2) is 11.4 Å². The molecule has 0 saturated carbocycles. The molecule has 0 atom stereocenters. The number of phenols is 1. The minimum absolute atomic E-state index is 0.132. The van der Waals surface area contributed by atoms with Crippen LogP contribution in [0.5, 0.6) is 5.75 Å². The Balaban J connectivity index is 2.55. The van der Waals surface area contributed by atoms with Gasteiger partial charge in [0, 0.05) is 10.4 Å². The fourth-order valence-corrected chi connectivity index (χ4v) is 2.66. The lowest BCUT2D eigenvalue weighted by molar-refractivity contribution is 0.112. The number of rotatable bonds is 4. The van der Waals surface area contributed by atoms with Crippen molar-refractivity contribution in [3.8, 4) is 16.2 Å². The summed E-state index contributed by atoms with van der Waals surface area (Å²) < 4.78 is 0. The van der Waals surface area contributed by atoms with Crippen LogP contribution in [0.4, 0.5) is 0 Å². The van der Waals surface area contributed by atoms with Gasteiger partial charge in [0.05, 0.1) is 5.56 Å². The quantitative estimate of drug-likeness (QED) is 0.831. The monoisotopic (exact) mass is 246 g/mol. The highest BCUT2D eigenvalue weighted by atomic mass is 32.1. The summed E-state index contributed by atoms with van der Waals surface area (Å²) in [5, 5.41) is 12.0. The lowest BCUT2D eigenvalue weighted by Crippen LogP contribution is -1.92. The highest BCUT2D eigenvalue weighted by molar-refractivity contribution is 7.13. The molecule has 0 aliphatic carbocycles. The van der Waals surface area contributed by atoms with E-state index >= 15 is 0 Å². The second-order valence-corrected chi connectivity index (χ2v) is 4.83. The number of hydrogen-bond acceptors (Lipinski definition) is 3. The molecule has 1 heterocycles. The van der Waals surface area contributed by atoms with Gasteiger partial charge >= 0.3 is 0 Å². The molecule has 1 aromatic carbocycles. The molecule has 0 unspecified atom stereocenters. The lowest BCUT2D eigenvalue weighted by Gasteiger charge is -2.09. The molecule has 0 fully saturated rings. The van der Waals surface area contributed by atoms with Gasteiger partial charge in [0.1, 0.15) is 5.75 Å². The summed E-state index contributed by atoms with van der Waals surface area (Å²) in [6, 6.07) is 7.71. The van der Waals surface area contributed by atoms with E-state index in [4.69, 9.17) is 0 Å². The van der Waals surface area contributed by atoms with E-state index in [9.17, 15) is 9.90 Å². The van der Waals surface area contributed by atoms with Crippen molar-refractivity contribution in [1.29, 1.82) is 0 Å². The zero-order chi connectivity index (χ0) is 12.3. The predicted octanol–water partition coefficient (Wildman–Crippen LogP) is 3.89. The third kappa shape index (κ3) is 2.24. The number of carbonyl (C=O) groups excluding carboxylic acids is 1. The summed E-state index contributed by atoms with van der Waals surface area (Å²) in [7, 11) is 0. The van der Waals surface area contributed by atoms with E-state index < -0.39 is 0 Å². The summed E-state index contributed by atoms with van der Waals surface area (Å²) in [5.74, 6) is 0.132. The van der Waals surface area contributed by atoms with Gasteiger partial charge in [-0.2, -0.15) is 0 Å². The first-order chi connectivity index (χ1) is 8.27. The van der Waals surface area contributed by atoms with E-state index in [1.54, 1.807) is 11.3 Å². The van der Waals surface area contributed by atoms with Crippen LogP contribution >= 0.6 is 11.3 Å². The SMILES string of the molecule is CCCc1ccc(-c2cccs2)c(C=O)c1O. The third-order valence-electron chi connectivity index (χ3n) is 2.72. The van der Waals surface area contributed by atoms with Crippen LogP contribution in [0.1, 0.15) is 29.3 Å². The molecule has 3 heteroatoms. The van der Waals surface area contributed by atoms with Crippen molar-refractivity contribution >= 4 is 17.6 Å². The zero-order valence-electron chi connectivity index (χ0n) is 9.64. The number of thiophene rings is 1. The van der Waals surface area contributed by atoms with E-state index in [1.807, 2.05) is 36.6 Å². The minimum Gasteiger partial charge on any atom is -0.507 e. The van der Waals surface area contributed by atoms with Crippen molar-refractivity contribution in [2.24, 2.45) is 0 Å². The molecule has 2 aromatic rings. The summed E-state index contributed by atoms with van der Waals surface area (Å²) in [4.78, 5) is 12.1. The number of aryl methyl sites for hydroxylation is 1. The first-order valence-corrected chi connectivity index (χ1v) is 6.49. The van der Waals surface area contributed by atoms with E-state index in [2.05, 4.69) is 0 Å². The first kappa shape index (κ1) is 11.9. The smallest absolute Gasteiger partial charge is 0.154 e. The normalized spacial score (nSPS) is 10.4. The largest absolute Gasteiger partial charge is 0.507 e. The second-order valence-electron chi connectivity index (χ2n) is 3.88. The Morgan fingerprint density at radius 3 is 2.76 bits per heavy atom. The number of phenolic OH excluding ortho intramolecular Hbond substituents is 1. The van der Waals surface area contributed by atoms with Gasteiger partial charge in [-0.3, -0.25) is 4.79 Å². The molecule has 0 bridgehead atoms. The highest BCUT2D eigenvalue weighted by Gasteiger charge is 2.13. The molecule has 0 saturated heterocycles. The zero-order valence-corrected chi connectivity index (χ0v) is 10.5. The Bertz CT molecular complexity index is 515. The Morgan fingerprint density at radius 2 is 2.18 bits per heavy atom. The predicted molar refractivity (Wildman–Crippen MR) is 70.8 cm³/mol. The average molecular weight is 246 g/mol. The van der Waals surface area contributed by atoms with E-state index in [0.29, 0.717) is 5.56 Å². The molecule has 2 nitrogen and oxygen atoms in total. The average Bonchev–Trinajstić information content (AvgIpc) is 2.85. The molecule has 0 spiro atoms. The Kier molecular flexibility index (Phi) is 3.59. The molecule has 17 heavy (non-hydrogen) atoms. The van der Waals surface area contributed by atoms with Crippen molar-refractivity contribution in [2.75, 3.05) is 0 Å². The highest BCUT2D eigenvalue weighted by Crippen LogP contribution is 2.34. The van der Waals surface area contributed by atoms with E-state index in [-0.39, 0.29) is 5.75 Å². The van der Waals surface area contributed by atoms with Gasteiger partial charge in [-0.1, -0.05) is 31.5 Å². The topological polar surface area (TPSA) is 37.3 Å². The Hall–Kier alpha value is -1.61. The van der Waals surface area contributed by atoms with Gasteiger partial charge in [0.15, 0.2) is 6.29 Å². The van der Waals surface area contributed by atoms with Crippen LogP contribution in [0.2, 0.25) is 0 Å². The Morgan fingerprint density at radius 1 is 1.35 bits per heavy atom. The standard InChI is InChI=1S/C14H14O2S/c1-2-4-10-6-7-11(12(9-15)14(10)16)13-5-3-8-17-13/h3,5-9,16H,2,4H2,1H3. The third-order valence-corrected chi connectivity index (χ3v) is 3.63. The molecule has 88 valence electrons. The van der Waals surface area contributed by atoms with Crippen molar-refractivity contribution in [2.45, 2.75) is 19.8 Å². The minimum atomic E-state index is 0.132. The fourth-order valence-electron chi connectivity index (χ4n) is 1.89. The molecule has 0 aliphatic heterocycles. The van der Waals surface area contributed by atoms with Gasteiger partial charge < -0.3 is 5.11 Å². The number of aromatic hydroxyl groups is 1. The molecular formula is C14H14O2S. The molecule has 0 aliphatic rings. The van der Waals surface area contributed by atoms with Crippen molar-refractivity contribution < 1.29 is 9.90 Å². The molecule has 2 rings (SSSR count). The number of hydrogen-bond donors (Lipinski definition) is 1. The van der Waals surface area contributed by atoms with Gasteiger partial charge in [-0.15, -0.1) is 11.3 Å². The first-order valence-electron chi connectivity index (χ1n) is 5.61. The maximum atomic E-state index is 11.1. The van der Waals surface area contributed by atoms with Crippen molar-refractivity contribution in [1.82, 2.24) is 0 Å². The van der Waals surface area contributed by atoms with Gasteiger partial charge in [0.25, 0.3) is 0 Å². The summed E-state index contributed by atoms with van der Waals surface area (Å²) in [6.07, 6.45) is 2.48. The van der Waals surface area contributed by atoms with Crippen molar-refractivity contribution in [3.05, 3.63) is 40.8 Å². The summed E-state index contributed by atoms with van der Waals surface area (Å²) >= 11 is 1.56. The molecule has 0 amide bonds. The van der Waals surface area contributed by atoms with Gasteiger partial charge in [0.2, 0.25) is 0 Å². The molecule has 1 N–H and O–H groups in total. The van der Waals surface area contributed by atoms with Gasteiger partial charge in [-0.05, 0) is 23.4 Å². The van der Waals surface area contributed by atoms with E-state index in [0.717, 1.165) is 35.1 Å².